The molecule has 0 aliphatic rings. The van der Waals surface area contributed by atoms with Crippen LogP contribution in [0.2, 0.25) is 0 Å². The maximum Gasteiger partial charge on any atom is 0.112 e. The molecule has 1 radical (unpaired) electrons. The van der Waals surface area contributed by atoms with Crippen LogP contribution >= 0.6 is 47.8 Å². The van der Waals surface area contributed by atoms with Gasteiger partial charge in [-0.15, -0.1) is 0 Å². The van der Waals surface area contributed by atoms with Crippen LogP contribution in [0.4, 0.5) is 0 Å². The van der Waals surface area contributed by atoms with Crippen LogP contribution in [-0.2, 0) is 0 Å². The van der Waals surface area contributed by atoms with Crippen LogP contribution in [0.15, 0.2) is 0 Å². The zero-order chi connectivity index (χ0) is 6.78. The van der Waals surface area contributed by atoms with Gasteiger partial charge in [-0.2, -0.15) is 0 Å². The van der Waals surface area contributed by atoms with Crippen molar-refractivity contribution < 1.29 is 0 Å². The third-order valence-electron chi connectivity index (χ3n) is 0.846. The summed E-state index contributed by atoms with van der Waals surface area (Å²) in [6.07, 6.45) is 0. The SMILES string of the molecule is CC(C)(CBr)[C](Br)Br. The first-order valence-electron chi connectivity index (χ1n) is 2.25. The van der Waals surface area contributed by atoms with Crippen molar-refractivity contribution in [3.05, 3.63) is 3.74 Å². The lowest BCUT2D eigenvalue weighted by Gasteiger charge is -2.21. The van der Waals surface area contributed by atoms with E-state index in [0.29, 0.717) is 0 Å². The van der Waals surface area contributed by atoms with Crippen molar-refractivity contribution in [3.63, 3.8) is 0 Å². The van der Waals surface area contributed by atoms with Crippen LogP contribution in [0.25, 0.3) is 0 Å². The van der Waals surface area contributed by atoms with E-state index >= 15 is 0 Å². The molecule has 0 saturated carbocycles. The fourth-order valence-electron chi connectivity index (χ4n) is 0.0505. The molecule has 0 amide bonds. The number of alkyl halides is 1. The Kier molecular flexibility index (Phi) is 4.21. The molecule has 3 heteroatoms. The van der Waals surface area contributed by atoms with Crippen LogP contribution in [-0.4, -0.2) is 5.33 Å². The monoisotopic (exact) mass is 305 g/mol. The van der Waals surface area contributed by atoms with Gasteiger partial charge in [0.1, 0.15) is 3.74 Å². The first kappa shape index (κ1) is 9.44. The van der Waals surface area contributed by atoms with Gasteiger partial charge in [-0.1, -0.05) is 61.6 Å². The number of halogens is 3. The number of hydrogen-bond acceptors (Lipinski definition) is 0. The first-order chi connectivity index (χ1) is 3.50. The second kappa shape index (κ2) is 3.57. The lowest BCUT2D eigenvalue weighted by atomic mass is 10.0. The molecule has 0 unspecified atom stereocenters. The minimum Gasteiger partial charge on any atom is -0.0921 e. The Morgan fingerprint density at radius 3 is 1.75 bits per heavy atom. The van der Waals surface area contributed by atoms with Crippen LogP contribution < -0.4 is 0 Å². The highest BCUT2D eigenvalue weighted by Gasteiger charge is 2.24. The molecule has 49 valence electrons. The van der Waals surface area contributed by atoms with E-state index in [4.69, 9.17) is 0 Å². The second-order valence-electron chi connectivity index (χ2n) is 2.28. The van der Waals surface area contributed by atoms with Crippen LogP contribution in [0.5, 0.6) is 0 Å². The lowest BCUT2D eigenvalue weighted by molar-refractivity contribution is 0.537. The molecular formula is C5H8Br3. The fourth-order valence-corrected chi connectivity index (χ4v) is 1.36. The highest BCUT2D eigenvalue weighted by Crippen LogP contribution is 2.39. The molecule has 0 spiro atoms. The average molecular weight is 308 g/mol. The van der Waals surface area contributed by atoms with Gasteiger partial charge in [0.05, 0.1) is 0 Å². The molecule has 0 N–H and O–H groups in total. The average Bonchev–Trinajstić information content (AvgIpc) is 1.67. The summed E-state index contributed by atoms with van der Waals surface area (Å²) in [7, 11) is 0. The largest absolute Gasteiger partial charge is 0.112 e. The fraction of sp³-hybridized carbons (Fsp3) is 0.800. The Balaban J connectivity index is 3.71. The quantitative estimate of drug-likeness (QED) is 0.683. The molecule has 0 bridgehead atoms. The minimum absolute atomic E-state index is 0.208. The zero-order valence-electron chi connectivity index (χ0n) is 4.84. The molecule has 8 heavy (non-hydrogen) atoms. The van der Waals surface area contributed by atoms with Crippen molar-refractivity contribution in [3.8, 4) is 0 Å². The molecule has 0 aromatic heterocycles. The van der Waals surface area contributed by atoms with E-state index in [1.54, 1.807) is 0 Å². The van der Waals surface area contributed by atoms with Crippen LogP contribution in [0, 0.1) is 9.15 Å². The van der Waals surface area contributed by atoms with Crippen molar-refractivity contribution >= 4 is 47.8 Å². The maximum absolute atomic E-state index is 3.39. The summed E-state index contributed by atoms with van der Waals surface area (Å²) < 4.78 is 1.11. The van der Waals surface area contributed by atoms with E-state index in [1.807, 2.05) is 0 Å². The van der Waals surface area contributed by atoms with Gasteiger partial charge in [0.2, 0.25) is 0 Å². The molecule has 0 aliphatic heterocycles. The molecule has 0 aliphatic carbocycles. The van der Waals surface area contributed by atoms with Crippen LogP contribution in [0.1, 0.15) is 13.8 Å². The van der Waals surface area contributed by atoms with Gasteiger partial charge in [-0.3, -0.25) is 0 Å². The highest BCUT2D eigenvalue weighted by atomic mass is 79.9. The van der Waals surface area contributed by atoms with Gasteiger partial charge < -0.3 is 0 Å². The molecule has 0 aromatic rings. The van der Waals surface area contributed by atoms with Gasteiger partial charge in [0.25, 0.3) is 0 Å². The Morgan fingerprint density at radius 2 is 1.75 bits per heavy atom. The zero-order valence-corrected chi connectivity index (χ0v) is 9.60. The Labute approximate surface area is 75.8 Å². The standard InChI is InChI=1S/C5H8Br3/c1-5(2,3-6)4(7)8/h3H2,1-2H3. The summed E-state index contributed by atoms with van der Waals surface area (Å²) in [5.74, 6) is 0. The summed E-state index contributed by atoms with van der Waals surface area (Å²) in [6, 6.07) is 0. The van der Waals surface area contributed by atoms with Gasteiger partial charge in [-0.05, 0) is 0 Å². The summed E-state index contributed by atoms with van der Waals surface area (Å²) in [6.45, 7) is 4.28. The third-order valence-corrected chi connectivity index (χ3v) is 4.39. The predicted octanol–water partition coefficient (Wildman–Crippen LogP) is 3.69. The van der Waals surface area contributed by atoms with Crippen molar-refractivity contribution in [1.29, 1.82) is 0 Å². The van der Waals surface area contributed by atoms with Crippen molar-refractivity contribution in [2.75, 3.05) is 5.33 Å². The van der Waals surface area contributed by atoms with E-state index in [1.165, 1.54) is 0 Å². The predicted molar refractivity (Wildman–Crippen MR) is 48.7 cm³/mol. The highest BCUT2D eigenvalue weighted by molar-refractivity contribution is 9.27. The second-order valence-corrected chi connectivity index (χ2v) is 5.49. The molecule has 0 atom stereocenters. The van der Waals surface area contributed by atoms with Gasteiger partial charge in [-0.25, -0.2) is 0 Å². The van der Waals surface area contributed by atoms with Gasteiger partial charge >= 0.3 is 0 Å². The van der Waals surface area contributed by atoms with Crippen LogP contribution in [0.3, 0.4) is 0 Å². The first-order valence-corrected chi connectivity index (χ1v) is 4.96. The van der Waals surface area contributed by atoms with E-state index in [2.05, 4.69) is 61.6 Å². The van der Waals surface area contributed by atoms with Crippen molar-refractivity contribution in [2.45, 2.75) is 13.8 Å². The summed E-state index contributed by atoms with van der Waals surface area (Å²) in [5.41, 5.74) is 0.208. The third kappa shape index (κ3) is 2.83. The summed E-state index contributed by atoms with van der Waals surface area (Å²) >= 11 is 10.1. The number of hydrogen-bond donors (Lipinski definition) is 0. The molecule has 0 rings (SSSR count). The molecular weight excluding hydrogens is 300 g/mol. The minimum atomic E-state index is 0.208. The van der Waals surface area contributed by atoms with Crippen molar-refractivity contribution in [1.82, 2.24) is 0 Å². The topological polar surface area (TPSA) is 0 Å². The maximum atomic E-state index is 3.39. The molecule has 0 heterocycles. The van der Waals surface area contributed by atoms with E-state index in [9.17, 15) is 0 Å². The lowest BCUT2D eigenvalue weighted by Crippen LogP contribution is -2.14. The van der Waals surface area contributed by atoms with Gasteiger partial charge in [0, 0.05) is 10.7 Å². The smallest absolute Gasteiger partial charge is 0.0921 e. The summed E-state index contributed by atoms with van der Waals surface area (Å²) in [4.78, 5) is 0. The van der Waals surface area contributed by atoms with Gasteiger partial charge in [0.15, 0.2) is 0 Å². The molecule has 0 saturated heterocycles. The van der Waals surface area contributed by atoms with Crippen molar-refractivity contribution in [2.24, 2.45) is 5.41 Å². The number of rotatable bonds is 2. The van der Waals surface area contributed by atoms with E-state index in [-0.39, 0.29) is 5.41 Å². The Morgan fingerprint density at radius 1 is 1.38 bits per heavy atom. The summed E-state index contributed by atoms with van der Waals surface area (Å²) in [5, 5.41) is 0.964. The molecule has 0 aromatic carbocycles. The molecule has 0 fully saturated rings. The Hall–Kier alpha value is 1.44. The van der Waals surface area contributed by atoms with E-state index < -0.39 is 0 Å². The normalized spacial score (nSPS) is 12.8. The van der Waals surface area contributed by atoms with E-state index in [0.717, 1.165) is 9.07 Å². The Bertz CT molecular complexity index is 68.1. The molecule has 0 nitrogen and oxygen atoms in total.